The van der Waals surface area contributed by atoms with Crippen LogP contribution in [0.3, 0.4) is 0 Å². The zero-order valence-electron chi connectivity index (χ0n) is 10.7. The Kier molecular flexibility index (Phi) is 4.77. The van der Waals surface area contributed by atoms with Crippen molar-refractivity contribution < 1.29 is 4.74 Å². The first-order valence-electron chi connectivity index (χ1n) is 5.64. The van der Waals surface area contributed by atoms with Gasteiger partial charge in [0.2, 0.25) is 0 Å². The molecule has 16 heavy (non-hydrogen) atoms. The van der Waals surface area contributed by atoms with Crippen LogP contribution in [0.1, 0.15) is 24.1 Å². The lowest BCUT2D eigenvalue weighted by atomic mass is 10.1. The zero-order valence-corrected chi connectivity index (χ0v) is 10.7. The van der Waals surface area contributed by atoms with Gasteiger partial charge in [-0.05, 0) is 34.0 Å². The molecule has 0 aromatic heterocycles. The van der Waals surface area contributed by atoms with Crippen LogP contribution < -0.4 is 10.5 Å². The molecule has 2 N–H and O–H groups in total. The maximum absolute atomic E-state index is 5.92. The van der Waals surface area contributed by atoms with Crippen molar-refractivity contribution in [3.63, 3.8) is 0 Å². The van der Waals surface area contributed by atoms with E-state index < -0.39 is 0 Å². The van der Waals surface area contributed by atoms with Crippen LogP contribution in [-0.4, -0.2) is 32.1 Å². The van der Waals surface area contributed by atoms with Crippen LogP contribution in [-0.2, 0) is 0 Å². The van der Waals surface area contributed by atoms with Crippen LogP contribution in [0.2, 0.25) is 0 Å². The smallest absolute Gasteiger partial charge is 0.124 e. The van der Waals surface area contributed by atoms with E-state index in [1.807, 2.05) is 27.1 Å². The first kappa shape index (κ1) is 13.0. The van der Waals surface area contributed by atoms with E-state index in [1.54, 1.807) is 0 Å². The van der Waals surface area contributed by atoms with E-state index in [0.717, 1.165) is 17.9 Å². The molecule has 0 heterocycles. The highest BCUT2D eigenvalue weighted by Gasteiger charge is 2.08. The van der Waals surface area contributed by atoms with Gasteiger partial charge in [-0.15, -0.1) is 0 Å². The topological polar surface area (TPSA) is 38.5 Å². The van der Waals surface area contributed by atoms with Crippen molar-refractivity contribution in [2.45, 2.75) is 19.9 Å². The predicted octanol–water partition coefficient (Wildman–Crippen LogP) is 1.96. The Labute approximate surface area is 98.2 Å². The highest BCUT2D eigenvalue weighted by atomic mass is 16.5. The number of hydrogen-bond acceptors (Lipinski definition) is 3. The summed E-state index contributed by atoms with van der Waals surface area (Å²) in [6, 6.07) is 6.16. The second kappa shape index (κ2) is 5.87. The summed E-state index contributed by atoms with van der Waals surface area (Å²) in [5.41, 5.74) is 8.22. The first-order chi connectivity index (χ1) is 7.50. The van der Waals surface area contributed by atoms with E-state index in [-0.39, 0.29) is 6.04 Å². The number of benzene rings is 1. The van der Waals surface area contributed by atoms with E-state index in [1.165, 1.54) is 5.56 Å². The number of likely N-dealkylation sites (N-methyl/N-ethyl adjacent to an activating group) is 1. The van der Waals surface area contributed by atoms with Crippen LogP contribution in [0.25, 0.3) is 0 Å². The second-order valence-corrected chi connectivity index (χ2v) is 4.48. The molecule has 1 aromatic rings. The number of hydrogen-bond donors (Lipinski definition) is 1. The van der Waals surface area contributed by atoms with Gasteiger partial charge in [0.05, 0.1) is 0 Å². The quantitative estimate of drug-likeness (QED) is 0.827. The standard InChI is InChI=1S/C13H22N2O/c1-10-5-6-13(12(9-10)11(2)14)16-8-7-15(3)4/h5-6,9,11H,7-8,14H2,1-4H3. The molecule has 1 unspecified atom stereocenters. The fourth-order valence-corrected chi connectivity index (χ4v) is 1.49. The van der Waals surface area contributed by atoms with E-state index in [0.29, 0.717) is 6.61 Å². The molecule has 0 fully saturated rings. The summed E-state index contributed by atoms with van der Waals surface area (Å²) in [5.74, 6) is 0.905. The Morgan fingerprint density at radius 2 is 2.06 bits per heavy atom. The van der Waals surface area contributed by atoms with Gasteiger partial charge < -0.3 is 15.4 Å². The summed E-state index contributed by atoms with van der Waals surface area (Å²) in [7, 11) is 4.07. The van der Waals surface area contributed by atoms with Gasteiger partial charge in [-0.1, -0.05) is 17.7 Å². The molecule has 1 rings (SSSR count). The van der Waals surface area contributed by atoms with Crippen LogP contribution in [0.15, 0.2) is 18.2 Å². The van der Waals surface area contributed by atoms with Gasteiger partial charge in [-0.3, -0.25) is 0 Å². The summed E-state index contributed by atoms with van der Waals surface area (Å²) in [6.45, 7) is 5.64. The summed E-state index contributed by atoms with van der Waals surface area (Å²) in [5, 5.41) is 0. The molecule has 0 saturated heterocycles. The van der Waals surface area contributed by atoms with Crippen LogP contribution >= 0.6 is 0 Å². The van der Waals surface area contributed by atoms with Crippen molar-refractivity contribution in [3.8, 4) is 5.75 Å². The molecule has 0 aliphatic carbocycles. The Bertz CT molecular complexity index is 335. The number of aryl methyl sites for hydroxylation is 1. The van der Waals surface area contributed by atoms with Crippen molar-refractivity contribution in [1.29, 1.82) is 0 Å². The Morgan fingerprint density at radius 3 is 2.62 bits per heavy atom. The Balaban J connectivity index is 2.71. The second-order valence-electron chi connectivity index (χ2n) is 4.48. The molecule has 0 spiro atoms. The number of nitrogens with two attached hydrogens (primary N) is 1. The molecule has 0 saturated carbocycles. The minimum atomic E-state index is 0.00857. The third kappa shape index (κ3) is 3.83. The average Bonchev–Trinajstić information content (AvgIpc) is 2.19. The summed E-state index contributed by atoms with van der Waals surface area (Å²) in [4.78, 5) is 2.10. The molecule has 3 nitrogen and oxygen atoms in total. The summed E-state index contributed by atoms with van der Waals surface area (Å²) >= 11 is 0. The average molecular weight is 222 g/mol. The maximum atomic E-state index is 5.92. The summed E-state index contributed by atoms with van der Waals surface area (Å²) in [6.07, 6.45) is 0. The van der Waals surface area contributed by atoms with Crippen LogP contribution in [0.4, 0.5) is 0 Å². The van der Waals surface area contributed by atoms with Crippen molar-refractivity contribution in [2.75, 3.05) is 27.2 Å². The molecule has 3 heteroatoms. The van der Waals surface area contributed by atoms with Crippen molar-refractivity contribution in [1.82, 2.24) is 4.90 Å². The Morgan fingerprint density at radius 1 is 1.38 bits per heavy atom. The molecule has 0 radical (unpaired) electrons. The van der Waals surface area contributed by atoms with E-state index in [9.17, 15) is 0 Å². The van der Waals surface area contributed by atoms with Gasteiger partial charge in [0, 0.05) is 18.2 Å². The normalized spacial score (nSPS) is 12.9. The van der Waals surface area contributed by atoms with E-state index >= 15 is 0 Å². The van der Waals surface area contributed by atoms with Crippen LogP contribution in [0.5, 0.6) is 5.75 Å². The molecular formula is C13H22N2O. The molecule has 0 bridgehead atoms. The molecule has 0 aliphatic rings. The molecule has 1 atom stereocenters. The zero-order chi connectivity index (χ0) is 12.1. The minimum Gasteiger partial charge on any atom is -0.492 e. The summed E-state index contributed by atoms with van der Waals surface area (Å²) < 4.78 is 5.74. The highest BCUT2D eigenvalue weighted by molar-refractivity contribution is 5.38. The fraction of sp³-hybridized carbons (Fsp3) is 0.538. The van der Waals surface area contributed by atoms with Gasteiger partial charge in [0.15, 0.2) is 0 Å². The van der Waals surface area contributed by atoms with Crippen molar-refractivity contribution in [3.05, 3.63) is 29.3 Å². The molecule has 1 aromatic carbocycles. The number of ether oxygens (including phenoxy) is 1. The number of nitrogens with zero attached hydrogens (tertiary/aromatic N) is 1. The largest absolute Gasteiger partial charge is 0.492 e. The van der Waals surface area contributed by atoms with Crippen molar-refractivity contribution in [2.24, 2.45) is 5.73 Å². The highest BCUT2D eigenvalue weighted by Crippen LogP contribution is 2.24. The lowest BCUT2D eigenvalue weighted by Crippen LogP contribution is -2.20. The molecular weight excluding hydrogens is 200 g/mol. The van der Waals surface area contributed by atoms with Gasteiger partial charge in [0.25, 0.3) is 0 Å². The van der Waals surface area contributed by atoms with Gasteiger partial charge in [-0.25, -0.2) is 0 Å². The van der Waals surface area contributed by atoms with Gasteiger partial charge in [-0.2, -0.15) is 0 Å². The predicted molar refractivity (Wildman–Crippen MR) is 67.8 cm³/mol. The first-order valence-corrected chi connectivity index (χ1v) is 5.64. The van der Waals surface area contributed by atoms with Crippen LogP contribution in [0, 0.1) is 6.92 Å². The van der Waals surface area contributed by atoms with E-state index in [2.05, 4.69) is 24.0 Å². The van der Waals surface area contributed by atoms with Crippen molar-refractivity contribution >= 4 is 0 Å². The van der Waals surface area contributed by atoms with Gasteiger partial charge in [0.1, 0.15) is 12.4 Å². The van der Waals surface area contributed by atoms with E-state index in [4.69, 9.17) is 10.5 Å². The Hall–Kier alpha value is -1.06. The SMILES string of the molecule is Cc1ccc(OCCN(C)C)c(C(C)N)c1. The van der Waals surface area contributed by atoms with Gasteiger partial charge >= 0.3 is 0 Å². The lowest BCUT2D eigenvalue weighted by Gasteiger charge is -2.16. The maximum Gasteiger partial charge on any atom is 0.124 e. The molecule has 0 amide bonds. The fourth-order valence-electron chi connectivity index (χ4n) is 1.49. The third-order valence-corrected chi connectivity index (χ3v) is 2.45. The number of rotatable bonds is 5. The monoisotopic (exact) mass is 222 g/mol. The molecule has 0 aliphatic heterocycles. The third-order valence-electron chi connectivity index (χ3n) is 2.45. The molecule has 90 valence electrons. The minimum absolute atomic E-state index is 0.00857. The lowest BCUT2D eigenvalue weighted by molar-refractivity contribution is 0.258.